The number of carboxylic acid groups (broad SMARTS) is 1. The van der Waals surface area contributed by atoms with Crippen LogP contribution in [0.5, 0.6) is 0 Å². The van der Waals surface area contributed by atoms with Gasteiger partial charge in [0.05, 0.1) is 5.92 Å². The molecule has 0 aliphatic carbocycles. The van der Waals surface area contributed by atoms with Gasteiger partial charge in [-0.25, -0.2) is 0 Å². The third kappa shape index (κ3) is 4.51. The first-order chi connectivity index (χ1) is 8.81. The SMILES string of the molecule is Cc1ccc(C(=O)CC(CC(C)C)C(=O)O)cc1C. The number of rotatable bonds is 6. The number of Topliss-reactive ketones (excluding diaryl/α,β-unsaturated/α-hetero) is 1. The van der Waals surface area contributed by atoms with Gasteiger partial charge in [0.1, 0.15) is 0 Å². The molecule has 1 aromatic rings. The molecule has 3 heteroatoms. The topological polar surface area (TPSA) is 54.4 Å². The van der Waals surface area contributed by atoms with Gasteiger partial charge in [0.2, 0.25) is 0 Å². The van der Waals surface area contributed by atoms with Crippen molar-refractivity contribution in [2.75, 3.05) is 0 Å². The van der Waals surface area contributed by atoms with Crippen LogP contribution in [0.25, 0.3) is 0 Å². The molecule has 1 atom stereocenters. The predicted octanol–water partition coefficient (Wildman–Crippen LogP) is 3.62. The molecular formula is C16H22O3. The van der Waals surface area contributed by atoms with Crippen LogP contribution in [-0.2, 0) is 4.79 Å². The lowest BCUT2D eigenvalue weighted by atomic mass is 9.90. The zero-order valence-corrected chi connectivity index (χ0v) is 12.1. The van der Waals surface area contributed by atoms with Crippen molar-refractivity contribution in [2.24, 2.45) is 11.8 Å². The third-order valence-electron chi connectivity index (χ3n) is 3.37. The second kappa shape index (κ2) is 6.50. The van der Waals surface area contributed by atoms with Crippen molar-refractivity contribution >= 4 is 11.8 Å². The highest BCUT2D eigenvalue weighted by molar-refractivity contribution is 5.98. The quantitative estimate of drug-likeness (QED) is 0.796. The van der Waals surface area contributed by atoms with Gasteiger partial charge in [0, 0.05) is 12.0 Å². The van der Waals surface area contributed by atoms with Gasteiger partial charge >= 0.3 is 5.97 Å². The second-order valence-electron chi connectivity index (χ2n) is 5.59. The first kappa shape index (κ1) is 15.4. The van der Waals surface area contributed by atoms with Crippen LogP contribution >= 0.6 is 0 Å². The highest BCUT2D eigenvalue weighted by Gasteiger charge is 2.23. The summed E-state index contributed by atoms with van der Waals surface area (Å²) in [7, 11) is 0. The fraction of sp³-hybridized carbons (Fsp3) is 0.500. The summed E-state index contributed by atoms with van der Waals surface area (Å²) in [6, 6.07) is 5.52. The van der Waals surface area contributed by atoms with Gasteiger partial charge in [-0.1, -0.05) is 26.0 Å². The van der Waals surface area contributed by atoms with E-state index in [9.17, 15) is 9.59 Å². The Morgan fingerprint density at radius 3 is 2.26 bits per heavy atom. The molecule has 0 aromatic heterocycles. The van der Waals surface area contributed by atoms with Crippen molar-refractivity contribution < 1.29 is 14.7 Å². The van der Waals surface area contributed by atoms with Crippen molar-refractivity contribution in [3.63, 3.8) is 0 Å². The first-order valence-corrected chi connectivity index (χ1v) is 6.64. The predicted molar refractivity (Wildman–Crippen MR) is 75.4 cm³/mol. The standard InChI is InChI=1S/C16H22O3/c1-10(2)7-14(16(18)19)9-15(17)13-6-5-11(3)12(4)8-13/h5-6,8,10,14H,7,9H2,1-4H3,(H,18,19). The lowest BCUT2D eigenvalue weighted by Crippen LogP contribution is -2.20. The Kier molecular flexibility index (Phi) is 5.28. The van der Waals surface area contributed by atoms with Crippen LogP contribution in [0.4, 0.5) is 0 Å². The molecule has 0 aliphatic rings. The largest absolute Gasteiger partial charge is 0.481 e. The lowest BCUT2D eigenvalue weighted by molar-refractivity contribution is -0.142. The highest BCUT2D eigenvalue weighted by atomic mass is 16.4. The van der Waals surface area contributed by atoms with Gasteiger partial charge in [-0.15, -0.1) is 0 Å². The summed E-state index contributed by atoms with van der Waals surface area (Å²) in [5.74, 6) is -1.29. The molecule has 0 fully saturated rings. The number of carboxylic acids is 1. The number of carbonyl (C=O) groups excluding carboxylic acids is 1. The Bertz CT molecular complexity index is 475. The molecule has 1 aromatic carbocycles. The minimum absolute atomic E-state index is 0.0794. The third-order valence-corrected chi connectivity index (χ3v) is 3.37. The van der Waals surface area contributed by atoms with Gasteiger partial charge in [0.15, 0.2) is 5.78 Å². The average molecular weight is 262 g/mol. The van der Waals surface area contributed by atoms with E-state index in [2.05, 4.69) is 0 Å². The van der Waals surface area contributed by atoms with Crippen molar-refractivity contribution in [1.29, 1.82) is 0 Å². The summed E-state index contributed by atoms with van der Waals surface area (Å²) < 4.78 is 0. The molecule has 1 rings (SSSR count). The van der Waals surface area contributed by atoms with E-state index >= 15 is 0 Å². The maximum absolute atomic E-state index is 12.1. The summed E-state index contributed by atoms with van der Waals surface area (Å²) in [4.78, 5) is 23.3. The van der Waals surface area contributed by atoms with Gasteiger partial charge in [-0.2, -0.15) is 0 Å². The molecule has 0 bridgehead atoms. The fourth-order valence-electron chi connectivity index (χ4n) is 2.10. The number of carbonyl (C=O) groups is 2. The second-order valence-corrected chi connectivity index (χ2v) is 5.59. The normalized spacial score (nSPS) is 12.5. The van der Waals surface area contributed by atoms with E-state index in [4.69, 9.17) is 5.11 Å². The van der Waals surface area contributed by atoms with E-state index in [0.717, 1.165) is 11.1 Å². The maximum Gasteiger partial charge on any atom is 0.306 e. The summed E-state index contributed by atoms with van der Waals surface area (Å²) in [6.45, 7) is 7.88. The number of hydrogen-bond acceptors (Lipinski definition) is 2. The summed E-state index contributed by atoms with van der Waals surface area (Å²) >= 11 is 0. The van der Waals surface area contributed by atoms with Crippen LogP contribution in [0.2, 0.25) is 0 Å². The monoisotopic (exact) mass is 262 g/mol. The van der Waals surface area contributed by atoms with E-state index < -0.39 is 11.9 Å². The van der Waals surface area contributed by atoms with Crippen LogP contribution in [0.3, 0.4) is 0 Å². The first-order valence-electron chi connectivity index (χ1n) is 6.64. The number of ketones is 1. The molecule has 0 aliphatic heterocycles. The maximum atomic E-state index is 12.1. The molecule has 19 heavy (non-hydrogen) atoms. The zero-order chi connectivity index (χ0) is 14.6. The summed E-state index contributed by atoms with van der Waals surface area (Å²) in [5, 5.41) is 9.16. The smallest absolute Gasteiger partial charge is 0.306 e. The summed E-state index contributed by atoms with van der Waals surface area (Å²) in [5.41, 5.74) is 2.80. The Hall–Kier alpha value is -1.64. The van der Waals surface area contributed by atoms with Gasteiger partial charge in [0.25, 0.3) is 0 Å². The molecule has 0 spiro atoms. The van der Waals surface area contributed by atoms with Gasteiger partial charge < -0.3 is 5.11 Å². The van der Waals surface area contributed by atoms with E-state index in [1.54, 1.807) is 6.07 Å². The van der Waals surface area contributed by atoms with Gasteiger partial charge in [-0.3, -0.25) is 9.59 Å². The molecule has 104 valence electrons. The molecule has 1 unspecified atom stereocenters. The van der Waals surface area contributed by atoms with Crippen molar-refractivity contribution in [3.05, 3.63) is 34.9 Å². The molecule has 3 nitrogen and oxygen atoms in total. The van der Waals surface area contributed by atoms with E-state index in [1.807, 2.05) is 39.8 Å². The van der Waals surface area contributed by atoms with Crippen molar-refractivity contribution in [3.8, 4) is 0 Å². The van der Waals surface area contributed by atoms with Crippen LogP contribution in [0.1, 0.15) is 48.2 Å². The van der Waals surface area contributed by atoms with E-state index in [1.165, 1.54) is 0 Å². The molecule has 0 heterocycles. The van der Waals surface area contributed by atoms with E-state index in [0.29, 0.717) is 12.0 Å². The fourth-order valence-corrected chi connectivity index (χ4v) is 2.10. The van der Waals surface area contributed by atoms with Gasteiger partial charge in [-0.05, 0) is 43.4 Å². The van der Waals surface area contributed by atoms with Crippen LogP contribution in [-0.4, -0.2) is 16.9 Å². The van der Waals surface area contributed by atoms with E-state index in [-0.39, 0.29) is 18.1 Å². The molecule has 0 saturated heterocycles. The van der Waals surface area contributed by atoms with Crippen LogP contribution in [0, 0.1) is 25.7 Å². The number of aliphatic carboxylic acids is 1. The van der Waals surface area contributed by atoms with Crippen molar-refractivity contribution in [2.45, 2.75) is 40.5 Å². The Balaban J connectivity index is 2.81. The zero-order valence-electron chi connectivity index (χ0n) is 12.1. The molecule has 1 N–H and O–H groups in total. The molecule has 0 amide bonds. The highest BCUT2D eigenvalue weighted by Crippen LogP contribution is 2.19. The number of aryl methyl sites for hydroxylation is 2. The minimum Gasteiger partial charge on any atom is -0.481 e. The minimum atomic E-state index is -0.883. The molecule has 0 saturated carbocycles. The Morgan fingerprint density at radius 1 is 1.16 bits per heavy atom. The molecule has 0 radical (unpaired) electrons. The Labute approximate surface area is 114 Å². The number of benzene rings is 1. The summed E-state index contributed by atoms with van der Waals surface area (Å²) in [6.07, 6.45) is 0.613. The molecular weight excluding hydrogens is 240 g/mol. The van der Waals surface area contributed by atoms with Crippen LogP contribution < -0.4 is 0 Å². The average Bonchev–Trinajstić information content (AvgIpc) is 2.31. The van der Waals surface area contributed by atoms with Crippen LogP contribution in [0.15, 0.2) is 18.2 Å². The Morgan fingerprint density at radius 2 is 1.79 bits per heavy atom. The lowest BCUT2D eigenvalue weighted by Gasteiger charge is -2.14. The van der Waals surface area contributed by atoms with Crippen molar-refractivity contribution in [1.82, 2.24) is 0 Å². The number of hydrogen-bond donors (Lipinski definition) is 1.